The minimum absolute atomic E-state index is 0.00667. The maximum Gasteiger partial charge on any atom is 0.260 e. The second-order valence-corrected chi connectivity index (χ2v) is 11.8. The van der Waals surface area contributed by atoms with Gasteiger partial charge in [-0.15, -0.1) is 10.2 Å². The molecule has 2 aromatic heterocycles. The maximum absolute atomic E-state index is 13.8. The molecule has 1 atom stereocenters. The number of pyridine rings is 1. The molecule has 8 nitrogen and oxygen atoms in total. The summed E-state index contributed by atoms with van der Waals surface area (Å²) in [5.41, 5.74) is 7.21. The molecule has 2 saturated carbocycles. The summed E-state index contributed by atoms with van der Waals surface area (Å²) in [6, 6.07) is 18.5. The first-order valence-electron chi connectivity index (χ1n) is 14.6. The molecule has 1 aliphatic heterocycles. The third-order valence-corrected chi connectivity index (χ3v) is 8.89. The lowest BCUT2D eigenvalue weighted by atomic mass is 9.85. The number of aromatic nitrogens is 4. The number of nitrogens with zero attached hydrogens (tertiary/aromatic N) is 6. The predicted molar refractivity (Wildman–Crippen MR) is 157 cm³/mol. The van der Waals surface area contributed by atoms with Crippen LogP contribution in [-0.4, -0.2) is 32.2 Å². The second-order valence-electron chi connectivity index (χ2n) is 11.8. The highest BCUT2D eigenvalue weighted by atomic mass is 16.2. The van der Waals surface area contributed by atoms with E-state index in [1.165, 1.54) is 19.3 Å². The Morgan fingerprint density at radius 2 is 1.90 bits per heavy atom. The molecule has 0 saturated heterocycles. The number of carbonyl (C=O) groups is 1. The summed E-state index contributed by atoms with van der Waals surface area (Å²) in [5, 5.41) is 21.6. The van der Waals surface area contributed by atoms with Crippen LogP contribution in [0.15, 0.2) is 54.9 Å². The first-order chi connectivity index (χ1) is 20.0. The largest absolute Gasteiger partial charge is 0.317 e. The van der Waals surface area contributed by atoms with E-state index in [-0.39, 0.29) is 11.9 Å². The molecule has 1 amide bonds. The Morgan fingerprint density at radius 3 is 2.61 bits per heavy atom. The van der Waals surface area contributed by atoms with Gasteiger partial charge in [-0.3, -0.25) is 9.69 Å². The first kappa shape index (κ1) is 25.6. The number of rotatable bonds is 8. The lowest BCUT2D eigenvalue weighted by molar-refractivity contribution is 0.0996. The number of aryl methyl sites for hydroxylation is 1. The van der Waals surface area contributed by atoms with Gasteiger partial charge in [-0.05, 0) is 97.7 Å². The molecular formula is C33H33N7O. The molecule has 206 valence electrons. The lowest BCUT2D eigenvalue weighted by Gasteiger charge is -2.27. The van der Waals surface area contributed by atoms with Gasteiger partial charge in [0.15, 0.2) is 5.82 Å². The Labute approximate surface area is 240 Å². The van der Waals surface area contributed by atoms with E-state index < -0.39 is 0 Å². The van der Waals surface area contributed by atoms with Crippen LogP contribution < -0.4 is 10.2 Å². The molecule has 3 aliphatic rings. The normalized spacial score (nSPS) is 17.3. The van der Waals surface area contributed by atoms with Crippen LogP contribution in [0, 0.1) is 17.2 Å². The van der Waals surface area contributed by atoms with Crippen molar-refractivity contribution in [3.8, 4) is 28.6 Å². The average Bonchev–Trinajstić information content (AvgIpc) is 3.66. The lowest BCUT2D eigenvalue weighted by Crippen LogP contribution is -2.29. The molecule has 1 unspecified atom stereocenters. The molecule has 41 heavy (non-hydrogen) atoms. The maximum atomic E-state index is 13.8. The van der Waals surface area contributed by atoms with Crippen LogP contribution in [-0.2, 0) is 13.6 Å². The Bertz CT molecular complexity index is 1690. The van der Waals surface area contributed by atoms with Gasteiger partial charge < -0.3 is 9.88 Å². The van der Waals surface area contributed by atoms with E-state index in [1.54, 1.807) is 6.33 Å². The summed E-state index contributed by atoms with van der Waals surface area (Å²) in [5.74, 6) is 2.53. The third-order valence-electron chi connectivity index (χ3n) is 8.89. The number of anilines is 1. The highest BCUT2D eigenvalue weighted by molar-refractivity contribution is 6.10. The van der Waals surface area contributed by atoms with Gasteiger partial charge in [0, 0.05) is 35.8 Å². The van der Waals surface area contributed by atoms with E-state index in [0.717, 1.165) is 64.4 Å². The van der Waals surface area contributed by atoms with Crippen LogP contribution in [0.2, 0.25) is 0 Å². The summed E-state index contributed by atoms with van der Waals surface area (Å²) in [7, 11) is 1.89. The molecule has 3 heterocycles. The molecule has 0 bridgehead atoms. The van der Waals surface area contributed by atoms with Crippen LogP contribution in [0.5, 0.6) is 0 Å². The highest BCUT2D eigenvalue weighted by Gasteiger charge is 2.33. The number of benzene rings is 2. The third kappa shape index (κ3) is 4.81. The zero-order valence-corrected chi connectivity index (χ0v) is 23.5. The predicted octanol–water partition coefficient (Wildman–Crippen LogP) is 5.90. The monoisotopic (exact) mass is 543 g/mol. The van der Waals surface area contributed by atoms with Gasteiger partial charge in [0.05, 0.1) is 18.2 Å². The summed E-state index contributed by atoms with van der Waals surface area (Å²) >= 11 is 0. The van der Waals surface area contributed by atoms with E-state index in [4.69, 9.17) is 4.98 Å². The van der Waals surface area contributed by atoms with Gasteiger partial charge in [-0.1, -0.05) is 24.6 Å². The van der Waals surface area contributed by atoms with Gasteiger partial charge in [-0.2, -0.15) is 5.26 Å². The first-order valence-corrected chi connectivity index (χ1v) is 14.6. The van der Waals surface area contributed by atoms with Crippen LogP contribution in [0.3, 0.4) is 0 Å². The zero-order valence-electron chi connectivity index (χ0n) is 23.5. The van der Waals surface area contributed by atoms with Crippen LogP contribution in [0.1, 0.15) is 83.7 Å². The van der Waals surface area contributed by atoms with Crippen molar-refractivity contribution in [3.63, 3.8) is 0 Å². The van der Waals surface area contributed by atoms with Gasteiger partial charge in [0.25, 0.3) is 5.91 Å². The van der Waals surface area contributed by atoms with E-state index in [9.17, 15) is 10.1 Å². The average molecular weight is 544 g/mol. The van der Waals surface area contributed by atoms with E-state index >= 15 is 0 Å². The molecule has 0 spiro atoms. The van der Waals surface area contributed by atoms with Gasteiger partial charge in [-0.25, -0.2) is 4.98 Å². The standard InChI is InChI=1S/C33H33N7O/c1-20(35-17-21-4-3-5-21)24-9-10-25-18-40(33(41)28(25)13-24)31-15-26(14-30(37-31)23-7-8-23)27-11-6-22(16-34)12-29(27)32-38-36-19-39(32)2/h6,9-15,19-21,23,35H,3-5,7-8,17-18H2,1-2H3. The fourth-order valence-corrected chi connectivity index (χ4v) is 5.93. The Hall–Kier alpha value is -4.35. The Kier molecular flexibility index (Phi) is 6.40. The summed E-state index contributed by atoms with van der Waals surface area (Å²) < 4.78 is 1.85. The zero-order chi connectivity index (χ0) is 28.1. The number of nitrogens with one attached hydrogen (secondary N) is 1. The molecular weight excluding hydrogens is 510 g/mol. The molecule has 8 heteroatoms. The van der Waals surface area contributed by atoms with E-state index in [1.807, 2.05) is 40.8 Å². The number of carbonyl (C=O) groups excluding carboxylic acids is 1. The van der Waals surface area contributed by atoms with E-state index in [2.05, 4.69) is 52.8 Å². The van der Waals surface area contributed by atoms with Gasteiger partial charge in [0.1, 0.15) is 12.1 Å². The topological polar surface area (TPSA) is 99.7 Å². The molecule has 4 aromatic rings. The number of hydrogen-bond acceptors (Lipinski definition) is 6. The summed E-state index contributed by atoms with van der Waals surface area (Å²) in [4.78, 5) is 20.6. The molecule has 2 aromatic carbocycles. The quantitative estimate of drug-likeness (QED) is 0.297. The smallest absolute Gasteiger partial charge is 0.260 e. The Balaban J connectivity index is 1.23. The highest BCUT2D eigenvalue weighted by Crippen LogP contribution is 2.43. The van der Waals surface area contributed by atoms with Crippen molar-refractivity contribution < 1.29 is 4.79 Å². The summed E-state index contributed by atoms with van der Waals surface area (Å²) in [6.45, 7) is 3.71. The SMILES string of the molecule is CC(NCC1CCC1)c1ccc2c(c1)C(=O)N(c1cc(-c3ccc(C#N)cc3-c3nncn3C)cc(C3CC3)n1)C2. The van der Waals surface area contributed by atoms with Crippen molar-refractivity contribution in [2.24, 2.45) is 13.0 Å². The van der Waals surface area contributed by atoms with Crippen LogP contribution >= 0.6 is 0 Å². The molecule has 0 radical (unpaired) electrons. The molecule has 2 fully saturated rings. The van der Waals surface area contributed by atoms with Crippen molar-refractivity contribution in [1.29, 1.82) is 5.26 Å². The van der Waals surface area contributed by atoms with Crippen molar-refractivity contribution in [3.05, 3.63) is 82.8 Å². The number of nitriles is 1. The van der Waals surface area contributed by atoms with E-state index in [0.29, 0.717) is 29.7 Å². The van der Waals surface area contributed by atoms with Crippen molar-refractivity contribution >= 4 is 11.7 Å². The van der Waals surface area contributed by atoms with Crippen molar-refractivity contribution in [2.45, 2.75) is 57.5 Å². The Morgan fingerprint density at radius 1 is 1.05 bits per heavy atom. The minimum Gasteiger partial charge on any atom is -0.317 e. The van der Waals surface area contributed by atoms with Crippen molar-refractivity contribution in [2.75, 3.05) is 11.4 Å². The van der Waals surface area contributed by atoms with Crippen molar-refractivity contribution in [1.82, 2.24) is 25.1 Å². The fourth-order valence-electron chi connectivity index (χ4n) is 5.93. The minimum atomic E-state index is -0.00667. The molecule has 1 N–H and O–H groups in total. The van der Waals surface area contributed by atoms with Crippen LogP contribution in [0.25, 0.3) is 22.5 Å². The number of amides is 1. The second kappa shape index (κ2) is 10.2. The fraction of sp³-hybridized carbons (Fsp3) is 0.364. The summed E-state index contributed by atoms with van der Waals surface area (Å²) in [6.07, 6.45) is 7.83. The number of fused-ring (bicyclic) bond motifs is 1. The van der Waals surface area contributed by atoms with Crippen LogP contribution in [0.4, 0.5) is 5.82 Å². The van der Waals surface area contributed by atoms with Gasteiger partial charge >= 0.3 is 0 Å². The van der Waals surface area contributed by atoms with Gasteiger partial charge in [0.2, 0.25) is 0 Å². The molecule has 2 aliphatic carbocycles. The number of hydrogen-bond donors (Lipinski definition) is 1. The molecule has 7 rings (SSSR count).